The Morgan fingerprint density at radius 3 is 2.22 bits per heavy atom. The van der Waals surface area contributed by atoms with Gasteiger partial charge in [-0.05, 0) is 67.3 Å². The summed E-state index contributed by atoms with van der Waals surface area (Å²) in [5, 5.41) is 3.74. The molecular formula is C36H39Cl2N3O4S. The second-order valence-corrected chi connectivity index (χ2v) is 13.9. The van der Waals surface area contributed by atoms with E-state index in [0.29, 0.717) is 27.7 Å². The molecule has 1 atom stereocenters. The van der Waals surface area contributed by atoms with E-state index in [1.54, 1.807) is 55.5 Å². The molecule has 0 bridgehead atoms. The van der Waals surface area contributed by atoms with Gasteiger partial charge >= 0.3 is 0 Å². The quantitative estimate of drug-likeness (QED) is 0.141. The molecule has 4 rings (SSSR count). The topological polar surface area (TPSA) is 86.8 Å². The van der Waals surface area contributed by atoms with Crippen LogP contribution in [0.2, 0.25) is 10.0 Å². The molecule has 4 aromatic carbocycles. The highest BCUT2D eigenvalue weighted by molar-refractivity contribution is 7.92. The number of benzene rings is 4. The number of halogens is 2. The van der Waals surface area contributed by atoms with Gasteiger partial charge in [-0.1, -0.05) is 109 Å². The van der Waals surface area contributed by atoms with Crippen molar-refractivity contribution in [2.45, 2.75) is 57.5 Å². The van der Waals surface area contributed by atoms with Crippen LogP contribution in [0.15, 0.2) is 102 Å². The number of aryl methyl sites for hydroxylation is 2. The summed E-state index contributed by atoms with van der Waals surface area (Å²) in [6.45, 7) is 5.52. The zero-order valence-corrected chi connectivity index (χ0v) is 28.6. The van der Waals surface area contributed by atoms with E-state index in [1.807, 2.05) is 44.2 Å². The van der Waals surface area contributed by atoms with Gasteiger partial charge in [0.1, 0.15) is 12.6 Å². The molecule has 10 heteroatoms. The van der Waals surface area contributed by atoms with E-state index in [2.05, 4.69) is 5.32 Å². The number of hydrogen-bond acceptors (Lipinski definition) is 4. The lowest BCUT2D eigenvalue weighted by atomic mass is 10.0. The van der Waals surface area contributed by atoms with Crippen molar-refractivity contribution in [2.75, 3.05) is 17.4 Å². The second-order valence-electron chi connectivity index (χ2n) is 11.2. The van der Waals surface area contributed by atoms with Crippen LogP contribution in [0.4, 0.5) is 5.69 Å². The highest BCUT2D eigenvalue weighted by Crippen LogP contribution is 2.30. The Kier molecular flexibility index (Phi) is 12.3. The Morgan fingerprint density at radius 1 is 0.870 bits per heavy atom. The second kappa shape index (κ2) is 16.1. The number of hydrogen-bond donors (Lipinski definition) is 1. The molecule has 0 aliphatic heterocycles. The fourth-order valence-corrected chi connectivity index (χ4v) is 6.90. The molecule has 1 unspecified atom stereocenters. The molecule has 0 saturated heterocycles. The van der Waals surface area contributed by atoms with Crippen molar-refractivity contribution in [3.63, 3.8) is 0 Å². The molecule has 7 nitrogen and oxygen atoms in total. The van der Waals surface area contributed by atoms with Gasteiger partial charge in [-0.3, -0.25) is 13.9 Å². The SMILES string of the molecule is CCCCNC(=O)C(Cc1ccccc1)N(Cc1ccccc1Cl)C(=O)CN(c1cc(Cl)ccc1C)S(=O)(=O)c1ccc(C)cc1. The summed E-state index contributed by atoms with van der Waals surface area (Å²) in [7, 11) is -4.24. The average Bonchev–Trinajstić information content (AvgIpc) is 3.04. The van der Waals surface area contributed by atoms with E-state index in [4.69, 9.17) is 23.2 Å². The van der Waals surface area contributed by atoms with Crippen molar-refractivity contribution in [1.29, 1.82) is 0 Å². The van der Waals surface area contributed by atoms with Crippen LogP contribution < -0.4 is 9.62 Å². The molecule has 0 aromatic heterocycles. The molecule has 4 aromatic rings. The third kappa shape index (κ3) is 8.90. The van der Waals surface area contributed by atoms with E-state index in [0.717, 1.165) is 28.3 Å². The number of carbonyl (C=O) groups excluding carboxylic acids is 2. The summed E-state index contributed by atoms with van der Waals surface area (Å²) in [4.78, 5) is 29.9. The van der Waals surface area contributed by atoms with Crippen molar-refractivity contribution >= 4 is 50.7 Å². The monoisotopic (exact) mass is 679 g/mol. The van der Waals surface area contributed by atoms with Crippen molar-refractivity contribution in [3.8, 4) is 0 Å². The number of carbonyl (C=O) groups is 2. The molecule has 46 heavy (non-hydrogen) atoms. The largest absolute Gasteiger partial charge is 0.354 e. The van der Waals surface area contributed by atoms with Crippen LogP contribution in [0.3, 0.4) is 0 Å². The summed E-state index contributed by atoms with van der Waals surface area (Å²) in [5.41, 5.74) is 3.26. The zero-order chi connectivity index (χ0) is 33.3. The first-order valence-corrected chi connectivity index (χ1v) is 17.4. The minimum Gasteiger partial charge on any atom is -0.354 e. The Bertz CT molecular complexity index is 1750. The van der Waals surface area contributed by atoms with Gasteiger partial charge in [0, 0.05) is 29.6 Å². The minimum atomic E-state index is -4.24. The van der Waals surface area contributed by atoms with Crippen molar-refractivity contribution in [2.24, 2.45) is 0 Å². The standard InChI is InChI=1S/C36H39Cl2N3O4S/c1-4-5-21-39-36(43)34(22-28-11-7-6-8-12-28)40(24-29-13-9-10-14-32(29)38)35(42)25-41(33-23-30(37)18-17-27(33)3)46(44,45)31-19-15-26(2)16-20-31/h6-20,23,34H,4-5,21-22,24-25H2,1-3H3,(H,39,43). The smallest absolute Gasteiger partial charge is 0.264 e. The van der Waals surface area contributed by atoms with E-state index in [9.17, 15) is 18.0 Å². The highest BCUT2D eigenvalue weighted by Gasteiger charge is 2.35. The van der Waals surface area contributed by atoms with Gasteiger partial charge in [-0.2, -0.15) is 0 Å². The fourth-order valence-electron chi connectivity index (χ4n) is 5.07. The molecule has 1 N–H and O–H groups in total. The highest BCUT2D eigenvalue weighted by atomic mass is 35.5. The van der Waals surface area contributed by atoms with Gasteiger partial charge < -0.3 is 10.2 Å². The van der Waals surface area contributed by atoms with Crippen molar-refractivity contribution < 1.29 is 18.0 Å². The maximum Gasteiger partial charge on any atom is 0.264 e. The summed E-state index contributed by atoms with van der Waals surface area (Å²) in [5.74, 6) is -0.897. The number of rotatable bonds is 14. The number of nitrogens with zero attached hydrogens (tertiary/aromatic N) is 2. The van der Waals surface area contributed by atoms with Gasteiger partial charge in [-0.15, -0.1) is 0 Å². The van der Waals surface area contributed by atoms with E-state index in [-0.39, 0.29) is 29.5 Å². The lowest BCUT2D eigenvalue weighted by Gasteiger charge is -2.34. The first-order valence-electron chi connectivity index (χ1n) is 15.2. The molecule has 0 heterocycles. The minimum absolute atomic E-state index is 0.00977. The number of sulfonamides is 1. The van der Waals surface area contributed by atoms with Gasteiger partial charge in [0.15, 0.2) is 0 Å². The summed E-state index contributed by atoms with van der Waals surface area (Å²) < 4.78 is 29.6. The maximum absolute atomic E-state index is 14.6. The average molecular weight is 681 g/mol. The van der Waals surface area contributed by atoms with Crippen molar-refractivity contribution in [3.05, 3.63) is 129 Å². The lowest BCUT2D eigenvalue weighted by Crippen LogP contribution is -2.53. The van der Waals surface area contributed by atoms with Gasteiger partial charge in [0.05, 0.1) is 10.6 Å². The zero-order valence-electron chi connectivity index (χ0n) is 26.2. The van der Waals surface area contributed by atoms with Gasteiger partial charge in [0.25, 0.3) is 10.0 Å². The van der Waals surface area contributed by atoms with Crippen LogP contribution in [0.5, 0.6) is 0 Å². The normalized spacial score (nSPS) is 11.9. The number of amides is 2. The first-order chi connectivity index (χ1) is 22.0. The molecule has 0 aliphatic rings. The third-order valence-electron chi connectivity index (χ3n) is 7.73. The lowest BCUT2D eigenvalue weighted by molar-refractivity contribution is -0.140. The van der Waals surface area contributed by atoms with Crippen LogP contribution in [0.25, 0.3) is 0 Å². The Hall–Kier alpha value is -3.85. The number of nitrogens with one attached hydrogen (secondary N) is 1. The molecular weight excluding hydrogens is 641 g/mol. The van der Waals surface area contributed by atoms with E-state index < -0.39 is 28.5 Å². The molecule has 0 radical (unpaired) electrons. The number of anilines is 1. The van der Waals surface area contributed by atoms with Gasteiger partial charge in [-0.25, -0.2) is 8.42 Å². The van der Waals surface area contributed by atoms with Crippen LogP contribution in [0, 0.1) is 13.8 Å². The molecule has 0 aliphatic carbocycles. The Balaban J connectivity index is 1.83. The van der Waals surface area contributed by atoms with Crippen LogP contribution in [0.1, 0.15) is 42.0 Å². The Morgan fingerprint density at radius 2 is 1.54 bits per heavy atom. The first kappa shape index (κ1) is 35.0. The summed E-state index contributed by atoms with van der Waals surface area (Å²) >= 11 is 12.9. The molecule has 0 saturated carbocycles. The molecule has 0 fully saturated rings. The summed E-state index contributed by atoms with van der Waals surface area (Å²) in [6, 6.07) is 26.9. The van der Waals surface area contributed by atoms with Crippen LogP contribution >= 0.6 is 23.2 Å². The summed E-state index contributed by atoms with van der Waals surface area (Å²) in [6.07, 6.45) is 1.88. The number of unbranched alkanes of at least 4 members (excludes halogenated alkanes) is 1. The van der Waals surface area contributed by atoms with Crippen LogP contribution in [-0.2, 0) is 32.6 Å². The fraction of sp³-hybridized carbons (Fsp3) is 0.278. The maximum atomic E-state index is 14.6. The third-order valence-corrected chi connectivity index (χ3v) is 10.1. The Labute approximate surface area is 282 Å². The van der Waals surface area contributed by atoms with E-state index >= 15 is 0 Å². The predicted molar refractivity (Wildman–Crippen MR) is 186 cm³/mol. The molecule has 242 valence electrons. The predicted octanol–water partition coefficient (Wildman–Crippen LogP) is 7.36. The van der Waals surface area contributed by atoms with E-state index in [1.165, 1.54) is 23.1 Å². The van der Waals surface area contributed by atoms with Gasteiger partial charge in [0.2, 0.25) is 11.8 Å². The molecule has 0 spiro atoms. The van der Waals surface area contributed by atoms with Crippen LogP contribution in [-0.4, -0.2) is 44.3 Å². The molecule has 2 amide bonds. The van der Waals surface area contributed by atoms with Crippen molar-refractivity contribution in [1.82, 2.24) is 10.2 Å².